The summed E-state index contributed by atoms with van der Waals surface area (Å²) in [4.78, 5) is 0. The van der Waals surface area contributed by atoms with Crippen molar-refractivity contribution in [2.24, 2.45) is 0 Å². The highest BCUT2D eigenvalue weighted by atomic mass is 79.9. The molecule has 106 valence electrons. The third-order valence-corrected chi connectivity index (χ3v) is 5.73. The molecule has 2 N–H and O–H groups in total. The number of anilines is 1. The predicted octanol–water partition coefficient (Wildman–Crippen LogP) is 2.77. The molecule has 2 unspecified atom stereocenters. The van der Waals surface area contributed by atoms with Crippen LogP contribution in [0.3, 0.4) is 0 Å². The fourth-order valence-electron chi connectivity index (χ4n) is 2.41. The van der Waals surface area contributed by atoms with E-state index in [1.807, 2.05) is 12.1 Å². The summed E-state index contributed by atoms with van der Waals surface area (Å²) in [5.41, 5.74) is 6.45. The average molecular weight is 348 g/mol. The molecule has 0 bridgehead atoms. The molecule has 0 amide bonds. The van der Waals surface area contributed by atoms with Crippen LogP contribution in [-0.4, -0.2) is 26.0 Å². The molecule has 1 saturated carbocycles. The molecule has 1 aromatic rings. The average Bonchev–Trinajstić information content (AvgIpc) is 2.33. The highest BCUT2D eigenvalue weighted by Gasteiger charge is 2.30. The Hall–Kier alpha value is -0.750. The van der Waals surface area contributed by atoms with Gasteiger partial charge in [0.1, 0.15) is 15.9 Å². The van der Waals surface area contributed by atoms with E-state index in [2.05, 4.69) is 15.9 Å². The van der Waals surface area contributed by atoms with Gasteiger partial charge in [0, 0.05) is 12.7 Å². The van der Waals surface area contributed by atoms with Crippen molar-refractivity contribution >= 4 is 31.5 Å². The van der Waals surface area contributed by atoms with Gasteiger partial charge in [0.05, 0.1) is 15.4 Å². The summed E-state index contributed by atoms with van der Waals surface area (Å²) in [6.45, 7) is 0. The van der Waals surface area contributed by atoms with E-state index in [9.17, 15) is 8.42 Å². The van der Waals surface area contributed by atoms with Crippen LogP contribution in [-0.2, 0) is 9.84 Å². The van der Waals surface area contributed by atoms with Crippen molar-refractivity contribution < 1.29 is 13.2 Å². The summed E-state index contributed by atoms with van der Waals surface area (Å²) in [6.07, 6.45) is 4.21. The normalized spacial score (nSPS) is 24.1. The van der Waals surface area contributed by atoms with Crippen LogP contribution in [0.25, 0.3) is 0 Å². The minimum absolute atomic E-state index is 0.0884. The minimum Gasteiger partial charge on any atom is -0.487 e. The molecule has 0 aromatic heterocycles. The zero-order valence-corrected chi connectivity index (χ0v) is 13.2. The van der Waals surface area contributed by atoms with Crippen molar-refractivity contribution in [1.29, 1.82) is 0 Å². The number of hydrogen-bond acceptors (Lipinski definition) is 4. The summed E-state index contributed by atoms with van der Waals surface area (Å²) in [5.74, 6) is 0.613. The van der Waals surface area contributed by atoms with E-state index < -0.39 is 9.84 Å². The highest BCUT2D eigenvalue weighted by molar-refractivity contribution is 9.10. The van der Waals surface area contributed by atoms with Crippen LogP contribution in [0, 0.1) is 0 Å². The van der Waals surface area contributed by atoms with Gasteiger partial charge >= 0.3 is 0 Å². The lowest BCUT2D eigenvalue weighted by Crippen LogP contribution is -2.33. The van der Waals surface area contributed by atoms with E-state index in [0.29, 0.717) is 17.9 Å². The van der Waals surface area contributed by atoms with Gasteiger partial charge in [0.25, 0.3) is 0 Å². The zero-order valence-electron chi connectivity index (χ0n) is 10.8. The molecule has 4 nitrogen and oxygen atoms in total. The number of nitrogen functional groups attached to an aromatic ring is 1. The first kappa shape index (κ1) is 14.7. The van der Waals surface area contributed by atoms with Gasteiger partial charge in [-0.2, -0.15) is 0 Å². The lowest BCUT2D eigenvalue weighted by molar-refractivity contribution is 0.156. The zero-order chi connectivity index (χ0) is 14.0. The molecule has 0 saturated heterocycles. The summed E-state index contributed by atoms with van der Waals surface area (Å²) in [7, 11) is -2.99. The van der Waals surface area contributed by atoms with Crippen LogP contribution in [0.1, 0.15) is 25.7 Å². The van der Waals surface area contributed by atoms with Crippen molar-refractivity contribution in [1.82, 2.24) is 0 Å². The fourth-order valence-corrected chi connectivity index (χ4v) is 4.05. The van der Waals surface area contributed by atoms with Crippen molar-refractivity contribution in [3.63, 3.8) is 0 Å². The first-order chi connectivity index (χ1) is 8.88. The van der Waals surface area contributed by atoms with Gasteiger partial charge < -0.3 is 10.5 Å². The Bertz CT molecular complexity index is 539. The topological polar surface area (TPSA) is 69.4 Å². The van der Waals surface area contributed by atoms with Crippen molar-refractivity contribution in [2.75, 3.05) is 12.0 Å². The molecule has 19 heavy (non-hydrogen) atoms. The van der Waals surface area contributed by atoms with Gasteiger partial charge in [-0.3, -0.25) is 0 Å². The number of ether oxygens (including phenoxy) is 1. The van der Waals surface area contributed by atoms with Gasteiger partial charge in [0.15, 0.2) is 5.75 Å². The van der Waals surface area contributed by atoms with E-state index in [4.69, 9.17) is 10.5 Å². The number of nitrogens with two attached hydrogens (primary N) is 1. The second-order valence-electron chi connectivity index (χ2n) is 5.02. The Labute approximate surface area is 122 Å². The molecule has 0 heterocycles. The highest BCUT2D eigenvalue weighted by Crippen LogP contribution is 2.35. The summed E-state index contributed by atoms with van der Waals surface area (Å²) < 4.78 is 30.0. The SMILES string of the molecule is CS(=O)(=O)C1CCCC(Oc2c(N)cccc2Br)C1. The molecule has 1 aromatic carbocycles. The number of rotatable bonds is 3. The maximum Gasteiger partial charge on any atom is 0.156 e. The number of para-hydroxylation sites is 1. The monoisotopic (exact) mass is 347 g/mol. The van der Waals surface area contributed by atoms with Crippen LogP contribution >= 0.6 is 15.9 Å². The molecule has 1 aliphatic carbocycles. The van der Waals surface area contributed by atoms with Crippen LogP contribution in [0.5, 0.6) is 5.75 Å². The number of sulfone groups is 1. The Balaban J connectivity index is 2.11. The van der Waals surface area contributed by atoms with E-state index in [0.717, 1.165) is 23.7 Å². The van der Waals surface area contributed by atoms with Crippen LogP contribution in [0.15, 0.2) is 22.7 Å². The third-order valence-electron chi connectivity index (χ3n) is 3.47. The number of hydrogen-bond donors (Lipinski definition) is 1. The molecule has 0 spiro atoms. The maximum absolute atomic E-state index is 11.6. The molecule has 0 aliphatic heterocycles. The molecular formula is C13H18BrNO3S. The maximum atomic E-state index is 11.6. The minimum atomic E-state index is -2.99. The molecular weight excluding hydrogens is 330 g/mol. The van der Waals surface area contributed by atoms with Crippen LogP contribution in [0.2, 0.25) is 0 Å². The standard InChI is InChI=1S/C13H18BrNO3S/c1-19(16,17)10-5-2-4-9(8-10)18-13-11(14)6-3-7-12(13)15/h3,6-7,9-10H,2,4-5,8,15H2,1H3. The van der Waals surface area contributed by atoms with Crippen LogP contribution in [0.4, 0.5) is 5.69 Å². The number of halogens is 1. The first-order valence-corrected chi connectivity index (χ1v) is 9.02. The van der Waals surface area contributed by atoms with Gasteiger partial charge in [-0.05, 0) is 47.3 Å². The van der Waals surface area contributed by atoms with Gasteiger partial charge in [-0.15, -0.1) is 0 Å². The molecule has 2 atom stereocenters. The summed E-state index contributed by atoms with van der Waals surface area (Å²) in [6, 6.07) is 5.48. The third kappa shape index (κ3) is 3.63. The molecule has 6 heteroatoms. The second-order valence-corrected chi connectivity index (χ2v) is 8.20. The molecule has 0 radical (unpaired) electrons. The van der Waals surface area contributed by atoms with Crippen molar-refractivity contribution in [3.05, 3.63) is 22.7 Å². The molecule has 1 aliphatic rings. The van der Waals surface area contributed by atoms with Gasteiger partial charge in [-0.25, -0.2) is 8.42 Å². The fraction of sp³-hybridized carbons (Fsp3) is 0.538. The van der Waals surface area contributed by atoms with E-state index in [1.54, 1.807) is 6.07 Å². The van der Waals surface area contributed by atoms with Crippen LogP contribution < -0.4 is 10.5 Å². The van der Waals surface area contributed by atoms with E-state index in [1.165, 1.54) is 6.26 Å². The molecule has 2 rings (SSSR count). The van der Waals surface area contributed by atoms with E-state index in [-0.39, 0.29) is 11.4 Å². The summed E-state index contributed by atoms with van der Waals surface area (Å²) >= 11 is 3.41. The lowest BCUT2D eigenvalue weighted by Gasteiger charge is -2.29. The van der Waals surface area contributed by atoms with Crippen molar-refractivity contribution in [3.8, 4) is 5.75 Å². The second kappa shape index (κ2) is 5.71. The van der Waals surface area contributed by atoms with Gasteiger partial charge in [-0.1, -0.05) is 6.07 Å². The molecule has 1 fully saturated rings. The smallest absolute Gasteiger partial charge is 0.156 e. The Morgan fingerprint density at radius 2 is 2.11 bits per heavy atom. The largest absolute Gasteiger partial charge is 0.487 e. The number of benzene rings is 1. The first-order valence-electron chi connectivity index (χ1n) is 6.27. The quantitative estimate of drug-likeness (QED) is 0.853. The lowest BCUT2D eigenvalue weighted by atomic mass is 9.97. The Kier molecular flexibility index (Phi) is 4.40. The summed E-state index contributed by atoms with van der Waals surface area (Å²) in [5, 5.41) is -0.296. The predicted molar refractivity (Wildman–Crippen MR) is 80.1 cm³/mol. The Morgan fingerprint density at radius 1 is 1.37 bits per heavy atom. The Morgan fingerprint density at radius 3 is 2.74 bits per heavy atom. The van der Waals surface area contributed by atoms with Crippen molar-refractivity contribution in [2.45, 2.75) is 37.0 Å². The van der Waals surface area contributed by atoms with E-state index >= 15 is 0 Å². The van der Waals surface area contributed by atoms with Gasteiger partial charge in [0.2, 0.25) is 0 Å².